The van der Waals surface area contributed by atoms with Gasteiger partial charge in [0.1, 0.15) is 5.76 Å². The van der Waals surface area contributed by atoms with Crippen molar-refractivity contribution in [3.05, 3.63) is 24.2 Å². The Hall–Kier alpha value is -1.29. The molecule has 0 aromatic carbocycles. The summed E-state index contributed by atoms with van der Waals surface area (Å²) < 4.78 is 9.01. The van der Waals surface area contributed by atoms with E-state index in [-0.39, 0.29) is 0 Å². The fourth-order valence-electron chi connectivity index (χ4n) is 0.497. The lowest BCUT2D eigenvalue weighted by molar-refractivity contribution is -0.128. The number of hydrogen-bond acceptors (Lipinski definition) is 4. The van der Waals surface area contributed by atoms with Crippen molar-refractivity contribution in [3.63, 3.8) is 0 Å². The van der Waals surface area contributed by atoms with Crippen molar-refractivity contribution < 1.29 is 13.9 Å². The van der Waals surface area contributed by atoms with Crippen molar-refractivity contribution in [3.8, 4) is 0 Å². The van der Waals surface area contributed by atoms with E-state index in [1.807, 2.05) is 12.1 Å². The Morgan fingerprint density at radius 2 is 2.50 bits per heavy atom. The quantitative estimate of drug-likeness (QED) is 0.687. The summed E-state index contributed by atoms with van der Waals surface area (Å²) in [5.41, 5.74) is 5.20. The summed E-state index contributed by atoms with van der Waals surface area (Å²) in [7, 11) is 0. The average Bonchev–Trinajstić information content (AvgIpc) is 2.58. The third kappa shape index (κ3) is 5.49. The lowest BCUT2D eigenvalue weighted by Crippen LogP contribution is -1.92. The predicted molar refractivity (Wildman–Crippen MR) is 44.3 cm³/mol. The zero-order valence-corrected chi connectivity index (χ0v) is 7.03. The molecule has 0 atom stereocenters. The van der Waals surface area contributed by atoms with Gasteiger partial charge < -0.3 is 14.9 Å². The molecule has 4 heteroatoms. The Morgan fingerprint density at radius 1 is 1.75 bits per heavy atom. The van der Waals surface area contributed by atoms with Gasteiger partial charge in [-0.15, -0.1) is 0 Å². The van der Waals surface area contributed by atoms with Crippen LogP contribution in [0.4, 0.5) is 0 Å². The summed E-state index contributed by atoms with van der Waals surface area (Å²) in [6.07, 6.45) is 1.61. The molecule has 0 saturated carbocycles. The molecule has 1 aromatic heterocycles. The average molecular weight is 171 g/mol. The van der Waals surface area contributed by atoms with E-state index < -0.39 is 0 Å². The van der Waals surface area contributed by atoms with Crippen molar-refractivity contribution in [2.24, 2.45) is 5.73 Å². The minimum absolute atomic E-state index is 0.431. The first kappa shape index (κ1) is 10.7. The SMILES string of the molecule is CCOC=O.NCc1ccco1. The van der Waals surface area contributed by atoms with Crippen LogP contribution in [-0.4, -0.2) is 13.1 Å². The van der Waals surface area contributed by atoms with E-state index in [0.717, 1.165) is 5.76 Å². The second-order valence-corrected chi connectivity index (χ2v) is 1.84. The molecule has 0 aliphatic heterocycles. The fourth-order valence-corrected chi connectivity index (χ4v) is 0.497. The van der Waals surface area contributed by atoms with Crippen LogP contribution in [0.3, 0.4) is 0 Å². The summed E-state index contributed by atoms with van der Waals surface area (Å²) in [6, 6.07) is 3.67. The standard InChI is InChI=1S/C5H7NO.C3H6O2/c6-4-5-2-1-3-7-5;1-2-5-3-4/h1-3H,4,6H2;3H,2H2,1H3. The summed E-state index contributed by atoms with van der Waals surface area (Å²) in [5, 5.41) is 0. The van der Waals surface area contributed by atoms with E-state index in [2.05, 4.69) is 4.74 Å². The topological polar surface area (TPSA) is 65.5 Å². The molecule has 0 spiro atoms. The van der Waals surface area contributed by atoms with Crippen LogP contribution in [0.25, 0.3) is 0 Å². The van der Waals surface area contributed by atoms with Crippen LogP contribution in [0.1, 0.15) is 12.7 Å². The maximum absolute atomic E-state index is 9.18. The molecule has 0 amide bonds. The number of carbonyl (C=O) groups is 1. The normalized spacial score (nSPS) is 8.17. The molecular formula is C8H13NO3. The number of nitrogens with two attached hydrogens (primary N) is 1. The summed E-state index contributed by atoms with van der Waals surface area (Å²) in [6.45, 7) is 3.16. The Bertz CT molecular complexity index is 184. The minimum atomic E-state index is 0.431. The third-order valence-electron chi connectivity index (χ3n) is 1.02. The molecule has 1 aromatic rings. The van der Waals surface area contributed by atoms with Crippen LogP contribution in [0.15, 0.2) is 22.8 Å². The molecule has 0 bridgehead atoms. The van der Waals surface area contributed by atoms with E-state index in [9.17, 15) is 4.79 Å². The highest BCUT2D eigenvalue weighted by Crippen LogP contribution is 1.95. The smallest absolute Gasteiger partial charge is 0.293 e. The van der Waals surface area contributed by atoms with Gasteiger partial charge in [-0.25, -0.2) is 0 Å². The molecule has 0 aliphatic carbocycles. The first-order chi connectivity index (χ1) is 5.85. The second kappa shape index (κ2) is 7.81. The maximum Gasteiger partial charge on any atom is 0.293 e. The van der Waals surface area contributed by atoms with Gasteiger partial charge in [0.15, 0.2) is 0 Å². The van der Waals surface area contributed by atoms with Gasteiger partial charge in [-0.05, 0) is 19.1 Å². The summed E-state index contributed by atoms with van der Waals surface area (Å²) in [4.78, 5) is 9.18. The molecule has 2 N–H and O–H groups in total. The molecular weight excluding hydrogens is 158 g/mol. The third-order valence-corrected chi connectivity index (χ3v) is 1.02. The van der Waals surface area contributed by atoms with Crippen LogP contribution < -0.4 is 5.73 Å². The summed E-state index contributed by atoms with van der Waals surface area (Å²) in [5.74, 6) is 0.833. The van der Waals surface area contributed by atoms with Gasteiger partial charge in [-0.3, -0.25) is 4.79 Å². The Labute approximate surface area is 71.3 Å². The molecule has 1 heterocycles. The van der Waals surface area contributed by atoms with Crippen molar-refractivity contribution in [1.29, 1.82) is 0 Å². The Balaban J connectivity index is 0.000000217. The first-order valence-corrected chi connectivity index (χ1v) is 3.62. The van der Waals surface area contributed by atoms with Gasteiger partial charge in [-0.1, -0.05) is 0 Å². The molecule has 12 heavy (non-hydrogen) atoms. The van der Waals surface area contributed by atoms with Crippen molar-refractivity contribution in [1.82, 2.24) is 0 Å². The van der Waals surface area contributed by atoms with Gasteiger partial charge in [-0.2, -0.15) is 0 Å². The van der Waals surface area contributed by atoms with Gasteiger partial charge in [0.25, 0.3) is 6.47 Å². The van der Waals surface area contributed by atoms with E-state index in [4.69, 9.17) is 10.2 Å². The molecule has 1 rings (SSSR count). The van der Waals surface area contributed by atoms with E-state index >= 15 is 0 Å². The van der Waals surface area contributed by atoms with Gasteiger partial charge >= 0.3 is 0 Å². The molecule has 0 aliphatic rings. The zero-order chi connectivity index (χ0) is 9.23. The highest BCUT2D eigenvalue weighted by molar-refractivity contribution is 5.36. The van der Waals surface area contributed by atoms with Gasteiger partial charge in [0.05, 0.1) is 19.4 Å². The molecule has 0 saturated heterocycles. The van der Waals surface area contributed by atoms with E-state index in [1.165, 1.54) is 0 Å². The molecule has 0 radical (unpaired) electrons. The first-order valence-electron chi connectivity index (χ1n) is 3.62. The lowest BCUT2D eigenvalue weighted by atomic mass is 10.5. The van der Waals surface area contributed by atoms with E-state index in [0.29, 0.717) is 19.6 Å². The molecule has 68 valence electrons. The predicted octanol–water partition coefficient (Wildman–Crippen LogP) is 0.918. The fraction of sp³-hybridized carbons (Fsp3) is 0.375. The minimum Gasteiger partial charge on any atom is -0.468 e. The Morgan fingerprint density at radius 3 is 2.67 bits per heavy atom. The molecule has 0 fully saturated rings. The number of rotatable bonds is 3. The van der Waals surface area contributed by atoms with Crippen LogP contribution in [-0.2, 0) is 16.1 Å². The number of carbonyl (C=O) groups excluding carboxylic acids is 1. The highest BCUT2D eigenvalue weighted by atomic mass is 16.5. The van der Waals surface area contributed by atoms with Gasteiger partial charge in [0.2, 0.25) is 0 Å². The van der Waals surface area contributed by atoms with E-state index in [1.54, 1.807) is 13.2 Å². The number of furan rings is 1. The molecule has 4 nitrogen and oxygen atoms in total. The monoisotopic (exact) mass is 171 g/mol. The van der Waals surface area contributed by atoms with Crippen LogP contribution >= 0.6 is 0 Å². The van der Waals surface area contributed by atoms with Crippen molar-refractivity contribution >= 4 is 6.47 Å². The number of ether oxygens (including phenoxy) is 1. The van der Waals surface area contributed by atoms with Crippen LogP contribution in [0, 0.1) is 0 Å². The van der Waals surface area contributed by atoms with Crippen molar-refractivity contribution in [2.75, 3.05) is 6.61 Å². The van der Waals surface area contributed by atoms with Gasteiger partial charge in [0, 0.05) is 0 Å². The summed E-state index contributed by atoms with van der Waals surface area (Å²) >= 11 is 0. The largest absolute Gasteiger partial charge is 0.468 e. The number of hydrogen-bond donors (Lipinski definition) is 1. The van der Waals surface area contributed by atoms with Crippen LogP contribution in [0.5, 0.6) is 0 Å². The lowest BCUT2D eigenvalue weighted by Gasteiger charge is -1.80. The zero-order valence-electron chi connectivity index (χ0n) is 7.03. The van der Waals surface area contributed by atoms with Crippen LogP contribution in [0.2, 0.25) is 0 Å². The molecule has 0 unspecified atom stereocenters. The second-order valence-electron chi connectivity index (χ2n) is 1.84. The Kier molecular flexibility index (Phi) is 6.97. The van der Waals surface area contributed by atoms with Crippen molar-refractivity contribution in [2.45, 2.75) is 13.5 Å². The maximum atomic E-state index is 9.18. The highest BCUT2D eigenvalue weighted by Gasteiger charge is 1.84.